The minimum absolute atomic E-state index is 0.714. The van der Waals surface area contributed by atoms with Crippen molar-refractivity contribution in [3.8, 4) is 0 Å². The molecule has 11 heavy (non-hydrogen) atoms. The molecule has 1 atom stereocenters. The van der Waals surface area contributed by atoms with Crippen molar-refractivity contribution in [2.45, 2.75) is 18.6 Å². The molecule has 0 aliphatic rings. The largest absolute Gasteiger partial charge is 0.772 e. The van der Waals surface area contributed by atoms with Crippen molar-refractivity contribution in [1.82, 2.24) is 4.98 Å². The summed E-state index contributed by atoms with van der Waals surface area (Å²) in [7, 11) is 0. The third-order valence-electron chi connectivity index (χ3n) is 1.66. The van der Waals surface area contributed by atoms with E-state index in [9.17, 15) is 8.76 Å². The van der Waals surface area contributed by atoms with Crippen molar-refractivity contribution in [2.24, 2.45) is 0 Å². The van der Waals surface area contributed by atoms with E-state index in [2.05, 4.69) is 4.98 Å². The molecule has 1 N–H and O–H groups in total. The lowest BCUT2D eigenvalue weighted by Gasteiger charge is -2.26. The molecule has 1 heterocycles. The molecule has 1 aromatic heterocycles. The van der Waals surface area contributed by atoms with Crippen LogP contribution in [0.1, 0.15) is 19.5 Å². The fourth-order valence-electron chi connectivity index (χ4n) is 0.795. The Hall–Kier alpha value is -0.610. The molecule has 0 amide bonds. The quantitative estimate of drug-likeness (QED) is 0.680. The first kappa shape index (κ1) is 8.49. The molecule has 0 spiro atoms. The molecule has 0 fully saturated rings. The van der Waals surface area contributed by atoms with Crippen LogP contribution in [0.25, 0.3) is 0 Å². The van der Waals surface area contributed by atoms with Gasteiger partial charge in [-0.2, -0.15) is 0 Å². The lowest BCUT2D eigenvalue weighted by molar-refractivity contribution is 0.497. The topological polar surface area (TPSA) is 55.9 Å². The van der Waals surface area contributed by atoms with Gasteiger partial charge in [0.1, 0.15) is 0 Å². The number of aromatic nitrogens is 1. The molecule has 0 bridgehead atoms. The Balaban J connectivity index is 3.00. The average molecular weight is 172 g/mol. The first-order valence-electron chi connectivity index (χ1n) is 3.28. The third kappa shape index (κ3) is 1.52. The van der Waals surface area contributed by atoms with Crippen molar-refractivity contribution >= 4 is 11.1 Å². The van der Waals surface area contributed by atoms with Gasteiger partial charge in [-0.25, -0.2) is 0 Å². The van der Waals surface area contributed by atoms with Crippen LogP contribution in [0.4, 0.5) is 0 Å². The Kier molecular flexibility index (Phi) is 2.15. The molecule has 1 rings (SSSR count). The van der Waals surface area contributed by atoms with Crippen molar-refractivity contribution in [1.29, 1.82) is 0 Å². The summed E-state index contributed by atoms with van der Waals surface area (Å²) in [5.74, 6) is 0. The Labute approximate surface area is 68.1 Å². The van der Waals surface area contributed by atoms with Gasteiger partial charge in [0.05, 0.1) is 4.75 Å². The molecule has 0 radical (unpaired) electrons. The first-order chi connectivity index (χ1) is 5.05. The molecule has 0 aliphatic heterocycles. The summed E-state index contributed by atoms with van der Waals surface area (Å²) < 4.78 is 20.6. The number of rotatable bonds is 2. The van der Waals surface area contributed by atoms with Crippen molar-refractivity contribution in [2.75, 3.05) is 0 Å². The highest BCUT2D eigenvalue weighted by atomic mass is 32.2. The van der Waals surface area contributed by atoms with Crippen LogP contribution in [-0.4, -0.2) is 13.7 Å². The average Bonchev–Trinajstić information content (AvgIpc) is 2.37. The smallest absolute Gasteiger partial charge is 0.0669 e. The molecular formula is C7H10NO2S-. The van der Waals surface area contributed by atoms with E-state index in [1.807, 2.05) is 0 Å². The van der Waals surface area contributed by atoms with Crippen LogP contribution in [0.2, 0.25) is 0 Å². The lowest BCUT2D eigenvalue weighted by atomic mass is 10.1. The maximum Gasteiger partial charge on any atom is 0.0669 e. The maximum absolute atomic E-state index is 10.7. The fourth-order valence-corrected chi connectivity index (χ4v) is 1.10. The Morgan fingerprint density at radius 2 is 2.27 bits per heavy atom. The monoisotopic (exact) mass is 172 g/mol. The van der Waals surface area contributed by atoms with E-state index < -0.39 is 15.8 Å². The van der Waals surface area contributed by atoms with Crippen LogP contribution < -0.4 is 0 Å². The molecule has 4 heteroatoms. The molecule has 1 unspecified atom stereocenters. The van der Waals surface area contributed by atoms with Crippen LogP contribution in [0.5, 0.6) is 0 Å². The summed E-state index contributed by atoms with van der Waals surface area (Å²) in [4.78, 5) is 2.87. The standard InChI is InChI=1S/C7H11NO2S/c1-7(2,11(9)10)6-4-3-5-8-6/h3-5,8H,1-2H3,(H,9,10)/p-1. The van der Waals surface area contributed by atoms with Crippen LogP contribution in [0.15, 0.2) is 18.3 Å². The second-order valence-electron chi connectivity index (χ2n) is 2.83. The highest BCUT2D eigenvalue weighted by Gasteiger charge is 2.21. The van der Waals surface area contributed by atoms with Gasteiger partial charge in [0, 0.05) is 11.9 Å². The second kappa shape index (κ2) is 2.79. The van der Waals surface area contributed by atoms with Gasteiger partial charge in [-0.05, 0) is 37.1 Å². The fraction of sp³-hybridized carbons (Fsp3) is 0.429. The van der Waals surface area contributed by atoms with Gasteiger partial charge in [0.2, 0.25) is 0 Å². The SMILES string of the molecule is CC(C)(c1ccc[nH]1)S(=O)[O-]. The highest BCUT2D eigenvalue weighted by Crippen LogP contribution is 2.23. The zero-order chi connectivity index (χ0) is 8.48. The number of aromatic amines is 1. The van der Waals surface area contributed by atoms with Crippen molar-refractivity contribution in [3.63, 3.8) is 0 Å². The molecule has 0 aromatic carbocycles. The highest BCUT2D eigenvalue weighted by molar-refractivity contribution is 7.80. The Morgan fingerprint density at radius 3 is 2.64 bits per heavy atom. The summed E-state index contributed by atoms with van der Waals surface area (Å²) in [6.45, 7) is 3.31. The Bertz CT molecular complexity index is 253. The minimum atomic E-state index is -2.09. The van der Waals surface area contributed by atoms with E-state index >= 15 is 0 Å². The Morgan fingerprint density at radius 1 is 1.64 bits per heavy atom. The summed E-state index contributed by atoms with van der Waals surface area (Å²) in [5, 5.41) is 0. The summed E-state index contributed by atoms with van der Waals surface area (Å²) in [5.41, 5.74) is 0.714. The van der Waals surface area contributed by atoms with Gasteiger partial charge < -0.3 is 9.54 Å². The van der Waals surface area contributed by atoms with Gasteiger partial charge in [-0.3, -0.25) is 4.21 Å². The zero-order valence-corrected chi connectivity index (χ0v) is 7.27. The van der Waals surface area contributed by atoms with Crippen LogP contribution in [-0.2, 0) is 15.8 Å². The second-order valence-corrected chi connectivity index (χ2v) is 4.32. The molecule has 3 nitrogen and oxygen atoms in total. The summed E-state index contributed by atoms with van der Waals surface area (Å²) in [6, 6.07) is 3.54. The lowest BCUT2D eigenvalue weighted by Crippen LogP contribution is -2.23. The number of hydrogen-bond acceptors (Lipinski definition) is 2. The third-order valence-corrected chi connectivity index (χ3v) is 2.72. The number of hydrogen-bond donors (Lipinski definition) is 1. The summed E-state index contributed by atoms with van der Waals surface area (Å²) in [6.07, 6.45) is 1.71. The van der Waals surface area contributed by atoms with Crippen molar-refractivity contribution in [3.05, 3.63) is 24.0 Å². The van der Waals surface area contributed by atoms with E-state index in [4.69, 9.17) is 0 Å². The van der Waals surface area contributed by atoms with E-state index in [0.29, 0.717) is 5.69 Å². The summed E-state index contributed by atoms with van der Waals surface area (Å²) >= 11 is -2.09. The van der Waals surface area contributed by atoms with Gasteiger partial charge in [-0.1, -0.05) is 0 Å². The maximum atomic E-state index is 10.7. The molecule has 0 saturated carbocycles. The van der Waals surface area contributed by atoms with E-state index in [0.717, 1.165) is 0 Å². The first-order valence-corrected chi connectivity index (χ1v) is 4.36. The van der Waals surface area contributed by atoms with Gasteiger partial charge >= 0.3 is 0 Å². The predicted octanol–water partition coefficient (Wildman–Crippen LogP) is 1.13. The van der Waals surface area contributed by atoms with Crippen LogP contribution >= 0.6 is 0 Å². The number of nitrogens with one attached hydrogen (secondary N) is 1. The molecule has 1 aromatic rings. The molecular weight excluding hydrogens is 162 g/mol. The van der Waals surface area contributed by atoms with Crippen molar-refractivity contribution < 1.29 is 8.76 Å². The molecule has 0 saturated heterocycles. The number of H-pyrrole nitrogens is 1. The van der Waals surface area contributed by atoms with Gasteiger partial charge in [0.15, 0.2) is 0 Å². The van der Waals surface area contributed by atoms with E-state index in [1.54, 1.807) is 32.2 Å². The zero-order valence-electron chi connectivity index (χ0n) is 6.46. The predicted molar refractivity (Wildman–Crippen MR) is 42.7 cm³/mol. The van der Waals surface area contributed by atoms with Gasteiger partial charge in [-0.15, -0.1) is 0 Å². The molecule has 62 valence electrons. The van der Waals surface area contributed by atoms with Gasteiger partial charge in [0.25, 0.3) is 0 Å². The van der Waals surface area contributed by atoms with Crippen LogP contribution in [0, 0.1) is 0 Å². The normalized spacial score (nSPS) is 14.8. The minimum Gasteiger partial charge on any atom is -0.772 e. The molecule has 0 aliphatic carbocycles. The van der Waals surface area contributed by atoms with E-state index in [-0.39, 0.29) is 0 Å². The van der Waals surface area contributed by atoms with E-state index in [1.165, 1.54) is 0 Å². The van der Waals surface area contributed by atoms with Crippen LogP contribution in [0.3, 0.4) is 0 Å².